The molecule has 0 unspecified atom stereocenters. The maximum absolute atomic E-state index is 8.15. The quantitative estimate of drug-likeness (QED) is 0.334. The molecule has 0 aromatic carbocycles. The van der Waals surface area contributed by atoms with Crippen LogP contribution in [0.3, 0.4) is 0 Å². The fourth-order valence-electron chi connectivity index (χ4n) is 0.731. The molecule has 0 aliphatic rings. The van der Waals surface area contributed by atoms with E-state index < -0.39 is 0 Å². The lowest BCUT2D eigenvalue weighted by molar-refractivity contribution is 0.943. The van der Waals surface area contributed by atoms with Gasteiger partial charge in [0.2, 0.25) is 0 Å². The molecule has 0 saturated carbocycles. The molecular formula is C10H15N. The Morgan fingerprint density at radius 3 is 2.36 bits per heavy atom. The minimum atomic E-state index is 0.980. The minimum Gasteiger partial charge on any atom is -0.193 e. The van der Waals surface area contributed by atoms with Crippen LogP contribution >= 0.6 is 0 Å². The Morgan fingerprint density at radius 1 is 1.09 bits per heavy atom. The van der Waals surface area contributed by atoms with Crippen LogP contribution in [-0.4, -0.2) is 0 Å². The predicted molar refractivity (Wildman–Crippen MR) is 48.0 cm³/mol. The third-order valence-corrected chi connectivity index (χ3v) is 1.31. The summed E-state index contributed by atoms with van der Waals surface area (Å²) in [6.45, 7) is 2.17. The zero-order valence-electron chi connectivity index (χ0n) is 7.09. The van der Waals surface area contributed by atoms with Gasteiger partial charge in [-0.15, -0.1) is 0 Å². The van der Waals surface area contributed by atoms with Crippen LogP contribution in [0.25, 0.3) is 0 Å². The largest absolute Gasteiger partial charge is 0.193 e. The summed E-state index contributed by atoms with van der Waals surface area (Å²) in [4.78, 5) is 0. The van der Waals surface area contributed by atoms with Gasteiger partial charge in [-0.3, -0.25) is 0 Å². The van der Waals surface area contributed by atoms with Crippen molar-refractivity contribution < 1.29 is 0 Å². The summed E-state index contributed by atoms with van der Waals surface area (Å²) >= 11 is 0. The van der Waals surface area contributed by atoms with E-state index in [-0.39, 0.29) is 0 Å². The van der Waals surface area contributed by atoms with Crippen molar-refractivity contribution in [2.75, 3.05) is 0 Å². The molecule has 0 N–H and O–H groups in total. The number of nitrogens with zero attached hydrogens (tertiary/aromatic N) is 1. The van der Waals surface area contributed by atoms with Crippen LogP contribution < -0.4 is 0 Å². The van der Waals surface area contributed by atoms with Gasteiger partial charge in [0.1, 0.15) is 0 Å². The molecule has 0 aliphatic heterocycles. The molecule has 0 bridgehead atoms. The van der Waals surface area contributed by atoms with Gasteiger partial charge in [0.15, 0.2) is 0 Å². The highest BCUT2D eigenvalue weighted by molar-refractivity contribution is 5.02. The van der Waals surface area contributed by atoms with Crippen molar-refractivity contribution in [2.24, 2.45) is 0 Å². The Kier molecular flexibility index (Phi) is 8.13. The van der Waals surface area contributed by atoms with Gasteiger partial charge in [0.05, 0.1) is 6.07 Å². The summed E-state index contributed by atoms with van der Waals surface area (Å²) in [5.74, 6) is 0. The first kappa shape index (κ1) is 9.97. The normalized spacial score (nSPS) is 10.9. The third-order valence-electron chi connectivity index (χ3n) is 1.31. The van der Waals surface area contributed by atoms with Crippen molar-refractivity contribution in [1.29, 1.82) is 5.26 Å². The van der Waals surface area contributed by atoms with Gasteiger partial charge >= 0.3 is 0 Å². The summed E-state index contributed by atoms with van der Waals surface area (Å²) in [5, 5.41) is 8.15. The molecule has 11 heavy (non-hydrogen) atoms. The molecular weight excluding hydrogens is 134 g/mol. The second-order valence-electron chi connectivity index (χ2n) is 2.37. The molecule has 0 spiro atoms. The van der Waals surface area contributed by atoms with Crippen LogP contribution in [0.15, 0.2) is 24.3 Å². The number of hydrogen-bond acceptors (Lipinski definition) is 1. The molecule has 0 aliphatic carbocycles. The molecule has 60 valence electrons. The average molecular weight is 149 g/mol. The Hall–Kier alpha value is -1.03. The van der Waals surface area contributed by atoms with Crippen molar-refractivity contribution in [3.63, 3.8) is 0 Å². The molecule has 0 rings (SSSR count). The fraction of sp³-hybridized carbons (Fsp3) is 0.500. The second-order valence-corrected chi connectivity index (χ2v) is 2.37. The summed E-state index contributed by atoms with van der Waals surface area (Å²) in [7, 11) is 0. The zero-order chi connectivity index (χ0) is 8.36. The maximum Gasteiger partial charge on any atom is 0.0908 e. The summed E-state index contributed by atoms with van der Waals surface area (Å²) in [5.41, 5.74) is 0. The standard InChI is InChI=1S/C10H15N/c1-2-3-4-5-6-7-8-9-10-11/h4-5,8-9H,2-3,6-7H2,1H3. The highest BCUT2D eigenvalue weighted by atomic mass is 14.2. The number of unbranched alkanes of at least 4 members (excludes halogenated alkanes) is 2. The Bertz CT molecular complexity index is 160. The van der Waals surface area contributed by atoms with E-state index >= 15 is 0 Å². The van der Waals surface area contributed by atoms with Gasteiger partial charge in [0, 0.05) is 6.08 Å². The highest BCUT2D eigenvalue weighted by Crippen LogP contribution is 1.95. The second kappa shape index (κ2) is 8.97. The lowest BCUT2D eigenvalue weighted by Gasteiger charge is -1.85. The topological polar surface area (TPSA) is 23.8 Å². The van der Waals surface area contributed by atoms with E-state index in [1.54, 1.807) is 0 Å². The number of allylic oxidation sites excluding steroid dienone is 4. The fourth-order valence-corrected chi connectivity index (χ4v) is 0.731. The van der Waals surface area contributed by atoms with E-state index in [0.29, 0.717) is 0 Å². The third kappa shape index (κ3) is 8.97. The number of nitriles is 1. The summed E-state index contributed by atoms with van der Waals surface area (Å²) < 4.78 is 0. The highest BCUT2D eigenvalue weighted by Gasteiger charge is 1.75. The average Bonchev–Trinajstić information content (AvgIpc) is 2.03. The van der Waals surface area contributed by atoms with Crippen molar-refractivity contribution in [2.45, 2.75) is 32.6 Å². The lowest BCUT2D eigenvalue weighted by atomic mass is 10.2. The van der Waals surface area contributed by atoms with E-state index in [1.165, 1.54) is 18.9 Å². The van der Waals surface area contributed by atoms with Crippen LogP contribution in [0.2, 0.25) is 0 Å². The molecule has 0 atom stereocenters. The number of rotatable bonds is 5. The first-order valence-corrected chi connectivity index (χ1v) is 4.11. The molecule has 0 aromatic rings. The molecule has 0 fully saturated rings. The van der Waals surface area contributed by atoms with Gasteiger partial charge in [-0.2, -0.15) is 5.26 Å². The molecule has 0 amide bonds. The van der Waals surface area contributed by atoms with Gasteiger partial charge < -0.3 is 0 Å². The van der Waals surface area contributed by atoms with Crippen LogP contribution in [0.5, 0.6) is 0 Å². The monoisotopic (exact) mass is 149 g/mol. The van der Waals surface area contributed by atoms with E-state index in [9.17, 15) is 0 Å². The van der Waals surface area contributed by atoms with Gasteiger partial charge in [-0.1, -0.05) is 31.6 Å². The minimum absolute atomic E-state index is 0.980. The Balaban J connectivity index is 3.15. The van der Waals surface area contributed by atoms with E-state index in [2.05, 4.69) is 19.1 Å². The van der Waals surface area contributed by atoms with Crippen molar-refractivity contribution >= 4 is 0 Å². The maximum atomic E-state index is 8.15. The summed E-state index contributed by atoms with van der Waals surface area (Å²) in [6.07, 6.45) is 12.2. The van der Waals surface area contributed by atoms with Gasteiger partial charge in [-0.25, -0.2) is 0 Å². The van der Waals surface area contributed by atoms with E-state index in [0.717, 1.165) is 12.8 Å². The Labute approximate surface area is 69.0 Å². The van der Waals surface area contributed by atoms with Crippen LogP contribution in [0.4, 0.5) is 0 Å². The van der Waals surface area contributed by atoms with E-state index in [1.807, 2.05) is 12.1 Å². The lowest BCUT2D eigenvalue weighted by Crippen LogP contribution is -1.65. The van der Waals surface area contributed by atoms with Crippen molar-refractivity contribution in [1.82, 2.24) is 0 Å². The van der Waals surface area contributed by atoms with Crippen LogP contribution in [0.1, 0.15) is 32.6 Å². The van der Waals surface area contributed by atoms with Crippen LogP contribution in [-0.2, 0) is 0 Å². The SMILES string of the molecule is CCCC=CCCC=CC#N. The number of hydrogen-bond donors (Lipinski definition) is 0. The Morgan fingerprint density at radius 2 is 1.73 bits per heavy atom. The van der Waals surface area contributed by atoms with Crippen molar-refractivity contribution in [3.8, 4) is 6.07 Å². The first-order valence-electron chi connectivity index (χ1n) is 4.11. The smallest absolute Gasteiger partial charge is 0.0908 e. The predicted octanol–water partition coefficient (Wildman–Crippen LogP) is 3.20. The molecule has 1 heteroatoms. The molecule has 0 radical (unpaired) electrons. The van der Waals surface area contributed by atoms with E-state index in [4.69, 9.17) is 5.26 Å². The molecule has 1 nitrogen and oxygen atoms in total. The molecule has 0 heterocycles. The van der Waals surface area contributed by atoms with Crippen molar-refractivity contribution in [3.05, 3.63) is 24.3 Å². The first-order chi connectivity index (χ1) is 5.41. The van der Waals surface area contributed by atoms with Gasteiger partial charge in [0.25, 0.3) is 0 Å². The summed E-state index contributed by atoms with van der Waals surface area (Å²) in [6, 6.07) is 1.97. The molecule has 0 saturated heterocycles. The zero-order valence-corrected chi connectivity index (χ0v) is 7.09. The van der Waals surface area contributed by atoms with Gasteiger partial charge in [-0.05, 0) is 19.3 Å². The molecule has 0 aromatic heterocycles. The van der Waals surface area contributed by atoms with Crippen LogP contribution in [0, 0.1) is 11.3 Å².